The zero-order valence-electron chi connectivity index (χ0n) is 21.9. The topological polar surface area (TPSA) is 83.0 Å². The molecule has 39 heavy (non-hydrogen) atoms. The summed E-state index contributed by atoms with van der Waals surface area (Å²) in [5.74, 6) is 1.45. The Hall–Kier alpha value is -3.69. The summed E-state index contributed by atoms with van der Waals surface area (Å²) in [6, 6.07) is 18.2. The van der Waals surface area contributed by atoms with Gasteiger partial charge in [-0.15, -0.1) is 0 Å². The van der Waals surface area contributed by atoms with E-state index >= 15 is 0 Å². The number of hydrogen-bond donors (Lipinski definition) is 0. The number of nitrogens with zero attached hydrogens (tertiary/aromatic N) is 2. The quantitative estimate of drug-likeness (QED) is 0.255. The molecule has 9 heteroatoms. The molecule has 0 unspecified atom stereocenters. The first kappa shape index (κ1) is 26.9. The van der Waals surface area contributed by atoms with Gasteiger partial charge >= 0.3 is 5.97 Å². The molecule has 7 nitrogen and oxygen atoms in total. The highest BCUT2D eigenvalue weighted by Crippen LogP contribution is 2.32. The Morgan fingerprint density at radius 2 is 1.95 bits per heavy atom. The van der Waals surface area contributed by atoms with Crippen molar-refractivity contribution < 1.29 is 18.7 Å². The molecule has 0 saturated heterocycles. The van der Waals surface area contributed by atoms with Gasteiger partial charge in [-0.3, -0.25) is 9.36 Å². The maximum absolute atomic E-state index is 13.8. The van der Waals surface area contributed by atoms with Crippen molar-refractivity contribution in [3.63, 3.8) is 0 Å². The lowest BCUT2D eigenvalue weighted by atomic mass is 9.96. The zero-order valence-corrected chi connectivity index (χ0v) is 24.3. The van der Waals surface area contributed by atoms with Crippen molar-refractivity contribution in [1.82, 2.24) is 4.57 Å². The van der Waals surface area contributed by atoms with E-state index < -0.39 is 12.0 Å². The fourth-order valence-corrected chi connectivity index (χ4v) is 5.89. The Labute approximate surface area is 237 Å². The van der Waals surface area contributed by atoms with Crippen molar-refractivity contribution in [3.8, 4) is 17.1 Å². The van der Waals surface area contributed by atoms with Crippen LogP contribution in [0.1, 0.15) is 45.1 Å². The first-order valence-electron chi connectivity index (χ1n) is 12.6. The van der Waals surface area contributed by atoms with Gasteiger partial charge in [-0.2, -0.15) is 0 Å². The van der Waals surface area contributed by atoms with Crippen LogP contribution in [0.2, 0.25) is 0 Å². The molecule has 0 aliphatic carbocycles. The van der Waals surface area contributed by atoms with E-state index in [1.54, 1.807) is 24.5 Å². The molecular formula is C30H27BrN2O5S. The summed E-state index contributed by atoms with van der Waals surface area (Å²) in [7, 11) is 0. The van der Waals surface area contributed by atoms with Crippen LogP contribution in [0.4, 0.5) is 0 Å². The molecule has 0 N–H and O–H groups in total. The number of halogens is 1. The molecule has 3 heterocycles. The van der Waals surface area contributed by atoms with Crippen molar-refractivity contribution in [2.45, 2.75) is 39.8 Å². The second kappa shape index (κ2) is 11.2. The van der Waals surface area contributed by atoms with Gasteiger partial charge in [0.1, 0.15) is 17.3 Å². The first-order chi connectivity index (χ1) is 18.7. The summed E-state index contributed by atoms with van der Waals surface area (Å²) < 4.78 is 20.2. The van der Waals surface area contributed by atoms with Crippen molar-refractivity contribution in [3.05, 3.63) is 107 Å². The van der Waals surface area contributed by atoms with Crippen LogP contribution >= 0.6 is 27.3 Å². The molecular weight excluding hydrogens is 580 g/mol. The molecule has 0 amide bonds. The van der Waals surface area contributed by atoms with Crippen LogP contribution in [0.5, 0.6) is 5.75 Å². The van der Waals surface area contributed by atoms with E-state index in [1.165, 1.54) is 11.3 Å². The van der Waals surface area contributed by atoms with Gasteiger partial charge in [0.2, 0.25) is 0 Å². The highest BCUT2D eigenvalue weighted by Gasteiger charge is 2.33. The number of ether oxygens (including phenoxy) is 2. The van der Waals surface area contributed by atoms with Gasteiger partial charge in [0.05, 0.1) is 34.6 Å². The molecule has 0 bridgehead atoms. The van der Waals surface area contributed by atoms with E-state index in [1.807, 2.05) is 74.5 Å². The van der Waals surface area contributed by atoms with Gasteiger partial charge < -0.3 is 13.9 Å². The van der Waals surface area contributed by atoms with Crippen molar-refractivity contribution in [1.29, 1.82) is 0 Å². The maximum Gasteiger partial charge on any atom is 0.338 e. The van der Waals surface area contributed by atoms with Gasteiger partial charge in [-0.25, -0.2) is 9.79 Å². The second-order valence-corrected chi connectivity index (χ2v) is 11.2. The Balaban J connectivity index is 1.61. The van der Waals surface area contributed by atoms with E-state index in [0.29, 0.717) is 37.9 Å². The van der Waals surface area contributed by atoms with Crippen molar-refractivity contribution >= 4 is 39.3 Å². The fraction of sp³-hybridized carbons (Fsp3) is 0.233. The van der Waals surface area contributed by atoms with Crippen LogP contribution in [-0.2, 0) is 9.53 Å². The number of aromatic nitrogens is 1. The standard InChI is InChI=1S/C30H27BrN2O5S/c1-5-36-29(35)26-18(4)32-30-33(27(26)19-9-11-22(12-10-19)37-17(2)3)28(34)25(39-30)16-23-13-14-24(38-23)20-7-6-8-21(31)15-20/h6-17,27H,5H2,1-4H3/b25-16-/t27-/m1/s1. The van der Waals surface area contributed by atoms with Gasteiger partial charge in [0.25, 0.3) is 5.56 Å². The van der Waals surface area contributed by atoms with E-state index in [2.05, 4.69) is 20.9 Å². The summed E-state index contributed by atoms with van der Waals surface area (Å²) in [4.78, 5) is 32.0. The molecule has 2 aromatic carbocycles. The van der Waals surface area contributed by atoms with Crippen molar-refractivity contribution in [2.24, 2.45) is 4.99 Å². The minimum Gasteiger partial charge on any atom is -0.491 e. The SMILES string of the molecule is CCOC(=O)C1=C(C)N=c2s/c(=C\c3ccc(-c4cccc(Br)c4)o3)c(=O)n2[C@@H]1c1ccc(OC(C)C)cc1. The summed E-state index contributed by atoms with van der Waals surface area (Å²) in [5, 5.41) is 0. The van der Waals surface area contributed by atoms with E-state index in [-0.39, 0.29) is 18.3 Å². The van der Waals surface area contributed by atoms with E-state index in [9.17, 15) is 9.59 Å². The van der Waals surface area contributed by atoms with E-state index in [0.717, 1.165) is 15.6 Å². The molecule has 1 atom stereocenters. The third-order valence-corrected chi connectivity index (χ3v) is 7.57. The van der Waals surface area contributed by atoms with Crippen molar-refractivity contribution in [2.75, 3.05) is 6.61 Å². The van der Waals surface area contributed by atoms with Gasteiger partial charge in [-0.05, 0) is 69.7 Å². The largest absolute Gasteiger partial charge is 0.491 e. The van der Waals surface area contributed by atoms with Gasteiger partial charge in [0, 0.05) is 16.1 Å². The Kier molecular flexibility index (Phi) is 7.72. The molecule has 0 spiro atoms. The predicted octanol–water partition coefficient (Wildman–Crippen LogP) is 5.61. The third-order valence-electron chi connectivity index (χ3n) is 6.09. The number of furan rings is 1. The minimum absolute atomic E-state index is 0.0243. The number of thiazole rings is 1. The number of carbonyl (C=O) groups is 1. The predicted molar refractivity (Wildman–Crippen MR) is 154 cm³/mol. The molecule has 0 radical (unpaired) electrons. The van der Waals surface area contributed by atoms with Crippen LogP contribution in [0.15, 0.2) is 90.6 Å². The molecule has 200 valence electrons. The number of hydrogen-bond acceptors (Lipinski definition) is 7. The molecule has 1 aliphatic rings. The Morgan fingerprint density at radius 1 is 1.18 bits per heavy atom. The average molecular weight is 608 g/mol. The molecule has 1 aliphatic heterocycles. The molecule has 5 rings (SSSR count). The summed E-state index contributed by atoms with van der Waals surface area (Å²) in [6.07, 6.45) is 1.74. The smallest absolute Gasteiger partial charge is 0.338 e. The average Bonchev–Trinajstić information content (AvgIpc) is 3.48. The lowest BCUT2D eigenvalue weighted by Gasteiger charge is -2.25. The monoisotopic (exact) mass is 606 g/mol. The highest BCUT2D eigenvalue weighted by atomic mass is 79.9. The highest BCUT2D eigenvalue weighted by molar-refractivity contribution is 9.10. The van der Waals surface area contributed by atoms with Crippen LogP contribution < -0.4 is 19.6 Å². The van der Waals surface area contributed by atoms with Crippen LogP contribution in [-0.4, -0.2) is 23.2 Å². The minimum atomic E-state index is -0.690. The number of fused-ring (bicyclic) bond motifs is 1. The van der Waals surface area contributed by atoms with E-state index in [4.69, 9.17) is 13.9 Å². The fourth-order valence-electron chi connectivity index (χ4n) is 4.46. The third kappa shape index (κ3) is 5.55. The number of rotatable bonds is 7. The Morgan fingerprint density at radius 3 is 2.64 bits per heavy atom. The molecule has 4 aromatic rings. The zero-order chi connectivity index (χ0) is 27.7. The van der Waals surface area contributed by atoms with Gasteiger partial charge in [0.15, 0.2) is 4.80 Å². The normalized spacial score (nSPS) is 15.3. The maximum atomic E-state index is 13.8. The molecule has 0 saturated carbocycles. The second-order valence-electron chi connectivity index (χ2n) is 9.25. The molecule has 0 fully saturated rings. The number of benzene rings is 2. The lowest BCUT2D eigenvalue weighted by Crippen LogP contribution is -2.39. The summed E-state index contributed by atoms with van der Waals surface area (Å²) in [6.45, 7) is 7.65. The van der Waals surface area contributed by atoms with Crippen LogP contribution in [0.25, 0.3) is 17.4 Å². The lowest BCUT2D eigenvalue weighted by molar-refractivity contribution is -0.139. The van der Waals surface area contributed by atoms with Gasteiger partial charge in [-0.1, -0.05) is 51.5 Å². The van der Waals surface area contributed by atoms with Crippen LogP contribution in [0, 0.1) is 0 Å². The molecule has 2 aromatic heterocycles. The Bertz CT molecular complexity index is 1740. The number of allylic oxidation sites excluding steroid dienone is 1. The number of carbonyl (C=O) groups excluding carboxylic acids is 1. The summed E-state index contributed by atoms with van der Waals surface area (Å²) in [5.41, 5.74) is 2.27. The number of esters is 1. The summed E-state index contributed by atoms with van der Waals surface area (Å²) >= 11 is 4.74. The first-order valence-corrected chi connectivity index (χ1v) is 14.2. The van der Waals surface area contributed by atoms with Crippen LogP contribution in [0.3, 0.4) is 0 Å².